The molecule has 3 N–H and O–H groups in total. The van der Waals surface area contributed by atoms with E-state index in [1.54, 1.807) is 17.0 Å². The molecule has 2 rings (SSSR count). The molecule has 1 aromatic carbocycles. The molecule has 1 aliphatic heterocycles. The summed E-state index contributed by atoms with van der Waals surface area (Å²) in [5.74, 6) is -0.0910. The summed E-state index contributed by atoms with van der Waals surface area (Å²) in [5.41, 5.74) is 8.00. The minimum atomic E-state index is -0.169. The van der Waals surface area contributed by atoms with Gasteiger partial charge in [0.05, 0.1) is 6.54 Å². The molecule has 0 saturated carbocycles. The standard InChI is InChI=1S/C16H23N3O2/c1-12-7-8-13(17)10-14(12)18-15(20)11-19-9-5-3-2-4-6-16(19)21/h7-8,10H,2-6,9,11,17H2,1H3,(H,18,20). The summed E-state index contributed by atoms with van der Waals surface area (Å²) in [6.07, 6.45) is 4.67. The lowest BCUT2D eigenvalue weighted by Gasteiger charge is -2.24. The number of amides is 2. The molecular weight excluding hydrogens is 266 g/mol. The Morgan fingerprint density at radius 1 is 1.29 bits per heavy atom. The van der Waals surface area contributed by atoms with Crippen LogP contribution in [0.15, 0.2) is 18.2 Å². The summed E-state index contributed by atoms with van der Waals surface area (Å²) < 4.78 is 0. The molecule has 1 heterocycles. The molecule has 2 amide bonds. The third-order valence-electron chi connectivity index (χ3n) is 3.79. The van der Waals surface area contributed by atoms with Gasteiger partial charge < -0.3 is 16.0 Å². The minimum Gasteiger partial charge on any atom is -0.399 e. The summed E-state index contributed by atoms with van der Waals surface area (Å²) >= 11 is 0. The highest BCUT2D eigenvalue weighted by molar-refractivity contribution is 5.95. The second kappa shape index (κ2) is 7.11. The van der Waals surface area contributed by atoms with Crippen molar-refractivity contribution in [3.63, 3.8) is 0 Å². The van der Waals surface area contributed by atoms with Gasteiger partial charge in [-0.05, 0) is 37.5 Å². The third-order valence-corrected chi connectivity index (χ3v) is 3.79. The number of benzene rings is 1. The second-order valence-corrected chi connectivity index (χ2v) is 5.60. The number of nitrogens with one attached hydrogen (secondary N) is 1. The number of hydrogen-bond acceptors (Lipinski definition) is 3. The lowest BCUT2D eigenvalue weighted by atomic mass is 10.1. The van der Waals surface area contributed by atoms with Crippen molar-refractivity contribution in [2.45, 2.75) is 39.0 Å². The number of anilines is 2. The number of aryl methyl sites for hydroxylation is 1. The number of likely N-dealkylation sites (tertiary alicyclic amines) is 1. The van der Waals surface area contributed by atoms with E-state index in [9.17, 15) is 9.59 Å². The van der Waals surface area contributed by atoms with Crippen LogP contribution in [-0.4, -0.2) is 29.8 Å². The van der Waals surface area contributed by atoms with Crippen LogP contribution in [0.2, 0.25) is 0 Å². The zero-order valence-electron chi connectivity index (χ0n) is 12.5. The molecule has 0 bridgehead atoms. The number of hydrogen-bond donors (Lipinski definition) is 2. The highest BCUT2D eigenvalue weighted by Gasteiger charge is 2.18. The SMILES string of the molecule is Cc1ccc(N)cc1NC(=O)CN1CCCCCCC1=O. The van der Waals surface area contributed by atoms with E-state index in [1.165, 1.54) is 0 Å². The summed E-state index contributed by atoms with van der Waals surface area (Å²) in [5, 5.41) is 2.84. The minimum absolute atomic E-state index is 0.0779. The van der Waals surface area contributed by atoms with Crippen LogP contribution in [0.5, 0.6) is 0 Å². The van der Waals surface area contributed by atoms with E-state index in [2.05, 4.69) is 5.32 Å². The summed E-state index contributed by atoms with van der Waals surface area (Å²) in [6, 6.07) is 5.40. The van der Waals surface area contributed by atoms with Crippen molar-refractivity contribution >= 4 is 23.2 Å². The summed E-state index contributed by atoms with van der Waals surface area (Å²) in [7, 11) is 0. The Morgan fingerprint density at radius 2 is 2.05 bits per heavy atom. The van der Waals surface area contributed by atoms with Crippen LogP contribution in [0.4, 0.5) is 11.4 Å². The Hall–Kier alpha value is -2.04. The number of carbonyl (C=O) groups is 2. The van der Waals surface area contributed by atoms with E-state index in [4.69, 9.17) is 5.73 Å². The number of nitrogens with zero attached hydrogens (tertiary/aromatic N) is 1. The maximum Gasteiger partial charge on any atom is 0.244 e. The smallest absolute Gasteiger partial charge is 0.244 e. The Bertz CT molecular complexity index is 528. The fourth-order valence-corrected chi connectivity index (χ4v) is 2.52. The van der Waals surface area contributed by atoms with Crippen LogP contribution < -0.4 is 11.1 Å². The molecule has 1 saturated heterocycles. The molecule has 0 spiro atoms. The maximum absolute atomic E-state index is 12.1. The van der Waals surface area contributed by atoms with E-state index < -0.39 is 0 Å². The first-order chi connectivity index (χ1) is 10.1. The first-order valence-electron chi connectivity index (χ1n) is 7.50. The van der Waals surface area contributed by atoms with Gasteiger partial charge in [0.25, 0.3) is 0 Å². The van der Waals surface area contributed by atoms with Gasteiger partial charge in [-0.25, -0.2) is 0 Å². The van der Waals surface area contributed by atoms with Crippen molar-refractivity contribution in [2.24, 2.45) is 0 Å². The average Bonchev–Trinajstić information content (AvgIpc) is 2.43. The van der Waals surface area contributed by atoms with Crippen molar-refractivity contribution in [3.05, 3.63) is 23.8 Å². The molecule has 0 radical (unpaired) electrons. The van der Waals surface area contributed by atoms with Crippen LogP contribution >= 0.6 is 0 Å². The normalized spacial score (nSPS) is 16.2. The molecule has 1 aromatic rings. The molecule has 114 valence electrons. The highest BCUT2D eigenvalue weighted by atomic mass is 16.2. The van der Waals surface area contributed by atoms with E-state index in [0.717, 1.165) is 31.2 Å². The van der Waals surface area contributed by atoms with Crippen LogP contribution in [0.3, 0.4) is 0 Å². The summed E-state index contributed by atoms with van der Waals surface area (Å²) in [4.78, 5) is 25.8. The van der Waals surface area contributed by atoms with E-state index in [1.807, 2.05) is 13.0 Å². The molecule has 0 aliphatic carbocycles. The fraction of sp³-hybridized carbons (Fsp3) is 0.500. The quantitative estimate of drug-likeness (QED) is 0.838. The van der Waals surface area contributed by atoms with E-state index in [-0.39, 0.29) is 18.4 Å². The topological polar surface area (TPSA) is 75.4 Å². The van der Waals surface area contributed by atoms with Crippen molar-refractivity contribution < 1.29 is 9.59 Å². The van der Waals surface area contributed by atoms with Gasteiger partial charge in [-0.1, -0.05) is 18.9 Å². The molecule has 0 unspecified atom stereocenters. The average molecular weight is 289 g/mol. The highest BCUT2D eigenvalue weighted by Crippen LogP contribution is 2.18. The van der Waals surface area contributed by atoms with Crippen LogP contribution in [-0.2, 0) is 9.59 Å². The van der Waals surface area contributed by atoms with Crippen LogP contribution in [0.1, 0.15) is 37.7 Å². The number of nitrogens with two attached hydrogens (primary N) is 1. The first-order valence-corrected chi connectivity index (χ1v) is 7.50. The van der Waals surface area contributed by atoms with Crippen molar-refractivity contribution in [1.82, 2.24) is 4.90 Å². The van der Waals surface area contributed by atoms with Gasteiger partial charge >= 0.3 is 0 Å². The molecule has 21 heavy (non-hydrogen) atoms. The Labute approximate surface area is 125 Å². The van der Waals surface area contributed by atoms with Crippen molar-refractivity contribution in [2.75, 3.05) is 24.1 Å². The number of rotatable bonds is 3. The van der Waals surface area contributed by atoms with Crippen LogP contribution in [0.25, 0.3) is 0 Å². The van der Waals surface area contributed by atoms with Gasteiger partial charge in [0.15, 0.2) is 0 Å². The zero-order valence-corrected chi connectivity index (χ0v) is 12.5. The molecule has 1 fully saturated rings. The Kier molecular flexibility index (Phi) is 5.20. The van der Waals surface area contributed by atoms with Gasteiger partial charge in [0.2, 0.25) is 11.8 Å². The molecule has 0 atom stereocenters. The van der Waals surface area contributed by atoms with Gasteiger partial charge in [-0.3, -0.25) is 9.59 Å². The molecule has 5 heteroatoms. The van der Waals surface area contributed by atoms with Gasteiger partial charge in [-0.2, -0.15) is 0 Å². The van der Waals surface area contributed by atoms with Gasteiger partial charge in [0.1, 0.15) is 0 Å². The molecule has 0 aromatic heterocycles. The van der Waals surface area contributed by atoms with Crippen molar-refractivity contribution in [1.29, 1.82) is 0 Å². The predicted molar refractivity (Wildman–Crippen MR) is 83.9 cm³/mol. The maximum atomic E-state index is 12.1. The molecule has 1 aliphatic rings. The monoisotopic (exact) mass is 289 g/mol. The number of nitrogen functional groups attached to an aromatic ring is 1. The van der Waals surface area contributed by atoms with E-state index in [0.29, 0.717) is 24.3 Å². The van der Waals surface area contributed by atoms with Crippen molar-refractivity contribution in [3.8, 4) is 0 Å². The lowest BCUT2D eigenvalue weighted by molar-refractivity contribution is -0.135. The Balaban J connectivity index is 1.96. The zero-order chi connectivity index (χ0) is 15.2. The fourth-order valence-electron chi connectivity index (χ4n) is 2.52. The van der Waals surface area contributed by atoms with Gasteiger partial charge in [0, 0.05) is 24.3 Å². The molecular formula is C16H23N3O2. The lowest BCUT2D eigenvalue weighted by Crippen LogP contribution is -2.39. The second-order valence-electron chi connectivity index (χ2n) is 5.60. The van der Waals surface area contributed by atoms with Gasteiger partial charge in [-0.15, -0.1) is 0 Å². The Morgan fingerprint density at radius 3 is 2.86 bits per heavy atom. The number of carbonyl (C=O) groups excluding carboxylic acids is 2. The third kappa shape index (κ3) is 4.48. The molecule has 5 nitrogen and oxygen atoms in total. The largest absolute Gasteiger partial charge is 0.399 e. The predicted octanol–water partition coefficient (Wildman–Crippen LogP) is 2.31. The first kappa shape index (κ1) is 15.4. The van der Waals surface area contributed by atoms with E-state index >= 15 is 0 Å². The summed E-state index contributed by atoms with van der Waals surface area (Å²) in [6.45, 7) is 2.70. The van der Waals surface area contributed by atoms with Crippen LogP contribution in [0, 0.1) is 6.92 Å².